The molecule has 5 heteroatoms. The van der Waals surface area contributed by atoms with Crippen LogP contribution in [0, 0.1) is 5.82 Å². The normalized spacial score (nSPS) is 10.6. The predicted octanol–water partition coefficient (Wildman–Crippen LogP) is 4.32. The van der Waals surface area contributed by atoms with Crippen molar-refractivity contribution in [2.24, 2.45) is 0 Å². The summed E-state index contributed by atoms with van der Waals surface area (Å²) in [6, 6.07) is 9.74. The van der Waals surface area contributed by atoms with Crippen molar-refractivity contribution < 1.29 is 9.13 Å². The number of ether oxygens (including phenoxy) is 1. The lowest BCUT2D eigenvalue weighted by Gasteiger charge is -2.08. The lowest BCUT2D eigenvalue weighted by molar-refractivity contribution is 0.445. The van der Waals surface area contributed by atoms with Crippen LogP contribution in [-0.4, -0.2) is 9.97 Å². The highest BCUT2D eigenvalue weighted by molar-refractivity contribution is 9.10. The third kappa shape index (κ3) is 2.42. The Bertz CT molecular complexity index is 748. The fourth-order valence-corrected chi connectivity index (χ4v) is 2.03. The molecule has 0 amide bonds. The minimum Gasteiger partial charge on any atom is -0.452 e. The molecule has 3 nitrogen and oxygen atoms in total. The van der Waals surface area contributed by atoms with Gasteiger partial charge in [0.05, 0.1) is 5.52 Å². The van der Waals surface area contributed by atoms with Crippen LogP contribution in [0.4, 0.5) is 4.39 Å². The molecule has 3 rings (SSSR count). The maximum Gasteiger partial charge on any atom is 0.165 e. The first kappa shape index (κ1) is 12.0. The Kier molecular flexibility index (Phi) is 3.13. The third-order valence-electron chi connectivity index (χ3n) is 2.56. The largest absolute Gasteiger partial charge is 0.452 e. The van der Waals surface area contributed by atoms with Crippen LogP contribution in [0.2, 0.25) is 0 Å². The van der Waals surface area contributed by atoms with E-state index in [1.54, 1.807) is 36.7 Å². The first-order valence-corrected chi connectivity index (χ1v) is 6.36. The standard InChI is InChI=1S/C14H8BrFN2O/c15-9-7-11-14(18-8-9)13(5-6-17-11)19-12-4-2-1-3-10(12)16/h1-8H. The van der Waals surface area contributed by atoms with Gasteiger partial charge in [0, 0.05) is 22.9 Å². The van der Waals surface area contributed by atoms with Gasteiger partial charge in [0.1, 0.15) is 5.52 Å². The minimum absolute atomic E-state index is 0.166. The SMILES string of the molecule is Fc1ccccc1Oc1ccnc2cc(Br)cnc12. The molecule has 1 aromatic carbocycles. The Balaban J connectivity index is 2.09. The van der Waals surface area contributed by atoms with Crippen LogP contribution in [0.1, 0.15) is 0 Å². The number of hydrogen-bond acceptors (Lipinski definition) is 3. The van der Waals surface area contributed by atoms with Gasteiger partial charge >= 0.3 is 0 Å². The van der Waals surface area contributed by atoms with E-state index in [1.807, 2.05) is 6.07 Å². The number of halogens is 2. The molecule has 0 bridgehead atoms. The van der Waals surface area contributed by atoms with Gasteiger partial charge in [0.25, 0.3) is 0 Å². The van der Waals surface area contributed by atoms with Gasteiger partial charge in [-0.25, -0.2) is 9.37 Å². The molecule has 0 atom stereocenters. The maximum atomic E-state index is 13.6. The summed E-state index contributed by atoms with van der Waals surface area (Å²) in [5, 5.41) is 0. The van der Waals surface area contributed by atoms with E-state index in [0.29, 0.717) is 16.8 Å². The van der Waals surface area contributed by atoms with Crippen LogP contribution in [0.5, 0.6) is 11.5 Å². The number of nitrogens with zero attached hydrogens (tertiary/aromatic N) is 2. The molecule has 0 saturated heterocycles. The van der Waals surface area contributed by atoms with Gasteiger partial charge in [0.2, 0.25) is 0 Å². The van der Waals surface area contributed by atoms with Gasteiger partial charge in [-0.1, -0.05) is 12.1 Å². The van der Waals surface area contributed by atoms with Crippen molar-refractivity contribution in [3.05, 3.63) is 59.1 Å². The highest BCUT2D eigenvalue weighted by atomic mass is 79.9. The van der Waals surface area contributed by atoms with Crippen molar-refractivity contribution in [2.45, 2.75) is 0 Å². The molecule has 0 aliphatic carbocycles. The van der Waals surface area contributed by atoms with Gasteiger partial charge in [-0.15, -0.1) is 0 Å². The van der Waals surface area contributed by atoms with Crippen LogP contribution in [-0.2, 0) is 0 Å². The molecular weight excluding hydrogens is 311 g/mol. The van der Waals surface area contributed by atoms with E-state index in [0.717, 1.165) is 4.47 Å². The number of hydrogen-bond donors (Lipinski definition) is 0. The number of rotatable bonds is 2. The van der Waals surface area contributed by atoms with E-state index >= 15 is 0 Å². The van der Waals surface area contributed by atoms with Crippen molar-refractivity contribution in [3.8, 4) is 11.5 Å². The van der Waals surface area contributed by atoms with Crippen LogP contribution in [0.25, 0.3) is 11.0 Å². The predicted molar refractivity (Wildman–Crippen MR) is 73.7 cm³/mol. The number of fused-ring (bicyclic) bond motifs is 1. The summed E-state index contributed by atoms with van der Waals surface area (Å²) in [6.45, 7) is 0. The highest BCUT2D eigenvalue weighted by Crippen LogP contribution is 2.29. The Morgan fingerprint density at radius 3 is 2.74 bits per heavy atom. The molecule has 0 fully saturated rings. The van der Waals surface area contributed by atoms with Crippen LogP contribution >= 0.6 is 15.9 Å². The van der Waals surface area contributed by atoms with Gasteiger partial charge < -0.3 is 4.74 Å². The lowest BCUT2D eigenvalue weighted by Crippen LogP contribution is -1.91. The average Bonchev–Trinajstić information content (AvgIpc) is 2.41. The monoisotopic (exact) mass is 318 g/mol. The zero-order valence-electron chi connectivity index (χ0n) is 9.68. The molecular formula is C14H8BrFN2O. The first-order valence-electron chi connectivity index (χ1n) is 5.57. The molecule has 0 saturated carbocycles. The quantitative estimate of drug-likeness (QED) is 0.705. The molecule has 94 valence electrons. The van der Waals surface area contributed by atoms with E-state index in [9.17, 15) is 4.39 Å². The summed E-state index contributed by atoms with van der Waals surface area (Å²) in [5.41, 5.74) is 1.28. The molecule has 2 heterocycles. The Morgan fingerprint density at radius 1 is 1.05 bits per heavy atom. The summed E-state index contributed by atoms with van der Waals surface area (Å²) in [6.07, 6.45) is 3.25. The van der Waals surface area contributed by atoms with Crippen molar-refractivity contribution in [3.63, 3.8) is 0 Å². The van der Waals surface area contributed by atoms with Crippen molar-refractivity contribution >= 4 is 27.0 Å². The van der Waals surface area contributed by atoms with Crippen molar-refractivity contribution in [2.75, 3.05) is 0 Å². The second-order valence-electron chi connectivity index (χ2n) is 3.86. The lowest BCUT2D eigenvalue weighted by atomic mass is 10.3. The minimum atomic E-state index is -0.412. The van der Waals surface area contributed by atoms with E-state index in [2.05, 4.69) is 25.9 Å². The van der Waals surface area contributed by atoms with Gasteiger partial charge in [-0.05, 0) is 34.1 Å². The van der Waals surface area contributed by atoms with Gasteiger partial charge in [-0.2, -0.15) is 0 Å². The molecule has 0 aliphatic rings. The van der Waals surface area contributed by atoms with Gasteiger partial charge in [-0.3, -0.25) is 4.98 Å². The van der Waals surface area contributed by atoms with Crippen LogP contribution in [0.3, 0.4) is 0 Å². The van der Waals surface area contributed by atoms with Crippen molar-refractivity contribution in [1.29, 1.82) is 0 Å². The smallest absolute Gasteiger partial charge is 0.165 e. The van der Waals surface area contributed by atoms with Gasteiger partial charge in [0.15, 0.2) is 17.3 Å². The van der Waals surface area contributed by atoms with E-state index in [1.165, 1.54) is 6.07 Å². The second kappa shape index (κ2) is 4.93. The fourth-order valence-electron chi connectivity index (χ4n) is 1.71. The Hall–Kier alpha value is -2.01. The Labute approximate surface area is 117 Å². The summed E-state index contributed by atoms with van der Waals surface area (Å²) in [4.78, 5) is 8.45. The molecule has 0 spiro atoms. The zero-order valence-corrected chi connectivity index (χ0v) is 11.3. The molecule has 0 radical (unpaired) electrons. The topological polar surface area (TPSA) is 35.0 Å². The average molecular weight is 319 g/mol. The summed E-state index contributed by atoms with van der Waals surface area (Å²) in [5.74, 6) is 0.229. The molecule has 19 heavy (non-hydrogen) atoms. The maximum absolute atomic E-state index is 13.6. The summed E-state index contributed by atoms with van der Waals surface area (Å²) in [7, 11) is 0. The second-order valence-corrected chi connectivity index (χ2v) is 4.78. The first-order chi connectivity index (χ1) is 9.24. The van der Waals surface area contributed by atoms with E-state index < -0.39 is 5.82 Å². The number of para-hydroxylation sites is 1. The number of pyridine rings is 2. The summed E-state index contributed by atoms with van der Waals surface area (Å²) >= 11 is 3.33. The van der Waals surface area contributed by atoms with E-state index in [-0.39, 0.29) is 5.75 Å². The molecule has 0 unspecified atom stereocenters. The molecule has 3 aromatic rings. The number of aromatic nitrogens is 2. The van der Waals surface area contributed by atoms with E-state index in [4.69, 9.17) is 4.74 Å². The molecule has 0 aliphatic heterocycles. The summed E-state index contributed by atoms with van der Waals surface area (Å²) < 4.78 is 20.0. The van der Waals surface area contributed by atoms with Crippen molar-refractivity contribution in [1.82, 2.24) is 9.97 Å². The number of benzene rings is 1. The Morgan fingerprint density at radius 2 is 1.89 bits per heavy atom. The third-order valence-corrected chi connectivity index (χ3v) is 3.00. The fraction of sp³-hybridized carbons (Fsp3) is 0. The molecule has 2 aromatic heterocycles. The van der Waals surface area contributed by atoms with Crippen LogP contribution < -0.4 is 4.74 Å². The zero-order chi connectivity index (χ0) is 13.2. The van der Waals surface area contributed by atoms with Crippen LogP contribution in [0.15, 0.2) is 53.3 Å². The molecule has 0 N–H and O–H groups in total. The highest BCUT2D eigenvalue weighted by Gasteiger charge is 2.08.